The first kappa shape index (κ1) is 18.4. The number of amides is 1. The zero-order valence-corrected chi connectivity index (χ0v) is 14.8. The Hall–Kier alpha value is -2.40. The lowest BCUT2D eigenvalue weighted by atomic mass is 10.1. The Morgan fingerprint density at radius 1 is 1.12 bits per heavy atom. The van der Waals surface area contributed by atoms with Crippen LogP contribution in [0.15, 0.2) is 54.6 Å². The molecule has 1 aliphatic rings. The minimum atomic E-state index is -0.324. The maximum Gasteiger partial charge on any atom is 0.260 e. The maximum absolute atomic E-state index is 12.9. The van der Waals surface area contributed by atoms with Crippen molar-refractivity contribution in [3.8, 4) is 5.75 Å². The summed E-state index contributed by atoms with van der Waals surface area (Å²) in [5, 5.41) is 0. The van der Waals surface area contributed by atoms with Gasteiger partial charge in [-0.1, -0.05) is 30.3 Å². The van der Waals surface area contributed by atoms with Crippen molar-refractivity contribution in [3.63, 3.8) is 0 Å². The Bertz CT molecular complexity index is 690. The van der Waals surface area contributed by atoms with Gasteiger partial charge in [0.1, 0.15) is 11.6 Å². The Morgan fingerprint density at radius 3 is 2.65 bits per heavy atom. The normalized spacial score (nSPS) is 16.7. The fourth-order valence-corrected chi connectivity index (χ4v) is 3.03. The molecule has 1 fully saturated rings. The third kappa shape index (κ3) is 5.56. The van der Waals surface area contributed by atoms with Crippen molar-refractivity contribution in [1.29, 1.82) is 0 Å². The van der Waals surface area contributed by atoms with Gasteiger partial charge in [-0.3, -0.25) is 4.79 Å². The summed E-state index contributed by atoms with van der Waals surface area (Å²) in [5.74, 6) is 0.104. The largest absolute Gasteiger partial charge is 0.484 e. The molecule has 3 rings (SSSR count). The second-order valence-corrected chi connectivity index (χ2v) is 6.45. The number of carbonyl (C=O) groups excluding carboxylic acids is 1. The molecular formula is C21H24FNO3. The summed E-state index contributed by atoms with van der Waals surface area (Å²) >= 11 is 0. The first-order valence-electron chi connectivity index (χ1n) is 9.02. The van der Waals surface area contributed by atoms with Gasteiger partial charge in [0.05, 0.1) is 6.10 Å². The number of hydrogen-bond donors (Lipinski definition) is 0. The van der Waals surface area contributed by atoms with Gasteiger partial charge in [0.15, 0.2) is 6.61 Å². The van der Waals surface area contributed by atoms with Crippen LogP contribution in [0.5, 0.6) is 5.75 Å². The van der Waals surface area contributed by atoms with Crippen molar-refractivity contribution in [2.24, 2.45) is 0 Å². The fraction of sp³-hybridized carbons (Fsp3) is 0.381. The molecule has 0 radical (unpaired) electrons. The van der Waals surface area contributed by atoms with E-state index in [2.05, 4.69) is 12.1 Å². The molecule has 138 valence electrons. The van der Waals surface area contributed by atoms with Crippen LogP contribution in [0.4, 0.5) is 4.39 Å². The molecule has 1 amide bonds. The topological polar surface area (TPSA) is 38.8 Å². The van der Waals surface area contributed by atoms with Crippen molar-refractivity contribution < 1.29 is 18.7 Å². The highest BCUT2D eigenvalue weighted by Crippen LogP contribution is 2.15. The van der Waals surface area contributed by atoms with Gasteiger partial charge in [-0.25, -0.2) is 4.39 Å². The highest BCUT2D eigenvalue weighted by Gasteiger charge is 2.26. The Labute approximate surface area is 153 Å². The predicted octanol–water partition coefficient (Wildman–Crippen LogP) is 3.45. The van der Waals surface area contributed by atoms with Crippen LogP contribution in [0, 0.1) is 5.82 Å². The molecule has 0 bridgehead atoms. The summed E-state index contributed by atoms with van der Waals surface area (Å²) in [6.07, 6.45) is 2.93. The number of likely N-dealkylation sites (tertiary alicyclic amines) is 1. The third-order valence-corrected chi connectivity index (χ3v) is 4.48. The van der Waals surface area contributed by atoms with Crippen LogP contribution in [0.25, 0.3) is 0 Å². The van der Waals surface area contributed by atoms with E-state index in [1.54, 1.807) is 4.90 Å². The zero-order chi connectivity index (χ0) is 18.2. The standard InChI is InChI=1S/C21H24FNO3/c22-18-8-10-19(11-9-18)26-16-21(24)23-13-12-20(15-23)25-14-4-7-17-5-2-1-3-6-17/h1-3,5-6,8-11,20H,4,7,12-16H2/t20-/m1/s1. The molecular weight excluding hydrogens is 333 g/mol. The van der Waals surface area contributed by atoms with E-state index in [1.165, 1.54) is 29.8 Å². The van der Waals surface area contributed by atoms with Crippen molar-refractivity contribution in [1.82, 2.24) is 4.90 Å². The SMILES string of the molecule is O=C(COc1ccc(F)cc1)N1CC[C@@H](OCCCc2ccccc2)C1. The number of hydrogen-bond acceptors (Lipinski definition) is 3. The van der Waals surface area contributed by atoms with Gasteiger partial charge in [0.2, 0.25) is 0 Å². The van der Waals surface area contributed by atoms with Crippen LogP contribution in [0.1, 0.15) is 18.4 Å². The highest BCUT2D eigenvalue weighted by atomic mass is 19.1. The van der Waals surface area contributed by atoms with E-state index in [0.29, 0.717) is 25.4 Å². The van der Waals surface area contributed by atoms with Crippen LogP contribution < -0.4 is 4.74 Å². The van der Waals surface area contributed by atoms with E-state index in [4.69, 9.17) is 9.47 Å². The molecule has 1 heterocycles. The minimum absolute atomic E-state index is 0.0354. The van der Waals surface area contributed by atoms with Gasteiger partial charge < -0.3 is 14.4 Å². The van der Waals surface area contributed by atoms with E-state index in [1.807, 2.05) is 18.2 Å². The molecule has 1 saturated heterocycles. The molecule has 0 unspecified atom stereocenters. The van der Waals surface area contributed by atoms with Gasteiger partial charge in [-0.05, 0) is 49.1 Å². The second kappa shape index (κ2) is 9.34. The maximum atomic E-state index is 12.9. The third-order valence-electron chi connectivity index (χ3n) is 4.48. The van der Waals surface area contributed by atoms with Crippen LogP contribution >= 0.6 is 0 Å². The summed E-state index contributed by atoms with van der Waals surface area (Å²) in [6, 6.07) is 16.0. The Kier molecular flexibility index (Phi) is 6.61. The van der Waals surface area contributed by atoms with Gasteiger partial charge in [0, 0.05) is 19.7 Å². The summed E-state index contributed by atoms with van der Waals surface area (Å²) in [5.41, 5.74) is 1.32. The highest BCUT2D eigenvalue weighted by molar-refractivity contribution is 5.78. The molecule has 0 aromatic heterocycles. The lowest BCUT2D eigenvalue weighted by Crippen LogP contribution is -2.34. The average Bonchev–Trinajstić information content (AvgIpc) is 3.14. The van der Waals surface area contributed by atoms with E-state index in [9.17, 15) is 9.18 Å². The Balaban J connectivity index is 1.32. The van der Waals surface area contributed by atoms with Crippen LogP contribution in [0.3, 0.4) is 0 Å². The van der Waals surface area contributed by atoms with E-state index < -0.39 is 0 Å². The van der Waals surface area contributed by atoms with E-state index in [-0.39, 0.29) is 24.4 Å². The van der Waals surface area contributed by atoms with E-state index >= 15 is 0 Å². The molecule has 0 N–H and O–H groups in total. The number of ether oxygens (including phenoxy) is 2. The number of carbonyl (C=O) groups is 1. The van der Waals surface area contributed by atoms with Crippen molar-refractivity contribution in [2.45, 2.75) is 25.4 Å². The van der Waals surface area contributed by atoms with Gasteiger partial charge >= 0.3 is 0 Å². The number of benzene rings is 2. The molecule has 0 aliphatic carbocycles. The molecule has 5 heteroatoms. The summed E-state index contributed by atoms with van der Waals surface area (Å²) in [6.45, 7) is 1.96. The van der Waals surface area contributed by atoms with E-state index in [0.717, 1.165) is 19.3 Å². The van der Waals surface area contributed by atoms with Crippen LogP contribution in [-0.4, -0.2) is 43.2 Å². The van der Waals surface area contributed by atoms with Gasteiger partial charge in [0.25, 0.3) is 5.91 Å². The Morgan fingerprint density at radius 2 is 1.88 bits per heavy atom. The first-order valence-corrected chi connectivity index (χ1v) is 9.02. The molecule has 0 saturated carbocycles. The number of aryl methyl sites for hydroxylation is 1. The zero-order valence-electron chi connectivity index (χ0n) is 14.8. The van der Waals surface area contributed by atoms with Crippen LogP contribution in [-0.2, 0) is 16.0 Å². The number of nitrogens with zero attached hydrogens (tertiary/aromatic N) is 1. The molecule has 26 heavy (non-hydrogen) atoms. The van der Waals surface area contributed by atoms with Crippen LogP contribution in [0.2, 0.25) is 0 Å². The minimum Gasteiger partial charge on any atom is -0.484 e. The van der Waals surface area contributed by atoms with Crippen molar-refractivity contribution in [2.75, 3.05) is 26.3 Å². The van der Waals surface area contributed by atoms with Gasteiger partial charge in [-0.15, -0.1) is 0 Å². The molecule has 2 aromatic rings. The number of halogens is 1. The van der Waals surface area contributed by atoms with Crippen molar-refractivity contribution in [3.05, 3.63) is 66.0 Å². The molecule has 0 spiro atoms. The smallest absolute Gasteiger partial charge is 0.260 e. The summed E-state index contributed by atoms with van der Waals surface area (Å²) in [7, 11) is 0. The van der Waals surface area contributed by atoms with Crippen molar-refractivity contribution >= 4 is 5.91 Å². The lowest BCUT2D eigenvalue weighted by molar-refractivity contribution is -0.132. The first-order chi connectivity index (χ1) is 12.7. The quantitative estimate of drug-likeness (QED) is 0.679. The lowest BCUT2D eigenvalue weighted by Gasteiger charge is -2.17. The number of rotatable bonds is 8. The molecule has 4 nitrogen and oxygen atoms in total. The average molecular weight is 357 g/mol. The monoisotopic (exact) mass is 357 g/mol. The molecule has 1 aliphatic heterocycles. The molecule has 2 aromatic carbocycles. The second-order valence-electron chi connectivity index (χ2n) is 6.45. The predicted molar refractivity (Wildman–Crippen MR) is 97.6 cm³/mol. The molecule has 1 atom stereocenters. The summed E-state index contributed by atoms with van der Waals surface area (Å²) < 4.78 is 24.2. The fourth-order valence-electron chi connectivity index (χ4n) is 3.03. The van der Waals surface area contributed by atoms with Gasteiger partial charge in [-0.2, -0.15) is 0 Å². The summed E-state index contributed by atoms with van der Waals surface area (Å²) in [4.78, 5) is 14.0.